The summed E-state index contributed by atoms with van der Waals surface area (Å²) in [7, 11) is 0. The van der Waals surface area contributed by atoms with Crippen LogP contribution in [0.15, 0.2) is 15.8 Å². The van der Waals surface area contributed by atoms with E-state index in [2.05, 4.69) is 9.88 Å². The number of piperidine rings is 1. The summed E-state index contributed by atoms with van der Waals surface area (Å²) in [6.07, 6.45) is 4.32. The molecule has 3 heterocycles. The average Bonchev–Trinajstić information content (AvgIpc) is 2.95. The van der Waals surface area contributed by atoms with Gasteiger partial charge in [0, 0.05) is 24.8 Å². The summed E-state index contributed by atoms with van der Waals surface area (Å²) in [5.74, 6) is -0.220. The van der Waals surface area contributed by atoms with Crippen LogP contribution in [-0.4, -0.2) is 68.7 Å². The second kappa shape index (κ2) is 6.90. The summed E-state index contributed by atoms with van der Waals surface area (Å²) >= 11 is 0. The molecular weight excluding hydrogens is 312 g/mol. The molecule has 2 aliphatic rings. The Labute approximate surface area is 139 Å². The molecule has 3 rings (SSSR count). The van der Waals surface area contributed by atoms with Gasteiger partial charge in [0.2, 0.25) is 5.91 Å². The van der Waals surface area contributed by atoms with Crippen molar-refractivity contribution in [1.29, 1.82) is 0 Å². The van der Waals surface area contributed by atoms with E-state index in [4.69, 9.17) is 0 Å². The number of amides is 1. The topological polar surface area (TPSA) is 98.6 Å². The van der Waals surface area contributed by atoms with Crippen LogP contribution in [0.25, 0.3) is 0 Å². The zero-order chi connectivity index (χ0) is 17.3. The van der Waals surface area contributed by atoms with Crippen LogP contribution >= 0.6 is 0 Å². The van der Waals surface area contributed by atoms with Crippen molar-refractivity contribution in [3.63, 3.8) is 0 Å². The predicted octanol–water partition coefficient (Wildman–Crippen LogP) is -1.10. The smallest absolute Gasteiger partial charge is 0.328 e. The largest absolute Gasteiger partial charge is 0.390 e. The summed E-state index contributed by atoms with van der Waals surface area (Å²) in [4.78, 5) is 41.7. The van der Waals surface area contributed by atoms with Crippen LogP contribution in [0.5, 0.6) is 0 Å². The van der Waals surface area contributed by atoms with Gasteiger partial charge in [-0.25, -0.2) is 4.79 Å². The summed E-state index contributed by atoms with van der Waals surface area (Å²) in [6.45, 7) is 4.15. The first kappa shape index (κ1) is 16.9. The number of carbonyl (C=O) groups excluding carboxylic acids is 1. The molecular formula is C16H24N4O4. The highest BCUT2D eigenvalue weighted by Gasteiger charge is 2.37. The van der Waals surface area contributed by atoms with Gasteiger partial charge < -0.3 is 10.0 Å². The van der Waals surface area contributed by atoms with E-state index in [1.54, 1.807) is 11.8 Å². The van der Waals surface area contributed by atoms with Gasteiger partial charge in [-0.15, -0.1) is 0 Å². The Morgan fingerprint density at radius 3 is 2.67 bits per heavy atom. The van der Waals surface area contributed by atoms with Crippen molar-refractivity contribution in [3.8, 4) is 0 Å². The number of hydrogen-bond donors (Lipinski definition) is 2. The van der Waals surface area contributed by atoms with Crippen molar-refractivity contribution in [2.45, 2.75) is 44.9 Å². The number of nitrogens with one attached hydrogen (secondary N) is 1. The molecule has 132 valence electrons. The fraction of sp³-hybridized carbons (Fsp3) is 0.688. The SMILES string of the molecule is Cc1cn(CC(=O)N2CC(O)C(N3CCCCC3)C2)c(=O)[nH]c1=O. The van der Waals surface area contributed by atoms with E-state index in [1.165, 1.54) is 17.2 Å². The molecule has 1 aromatic heterocycles. The summed E-state index contributed by atoms with van der Waals surface area (Å²) in [5.41, 5.74) is -0.646. The minimum Gasteiger partial charge on any atom is -0.390 e. The zero-order valence-electron chi connectivity index (χ0n) is 13.9. The number of H-pyrrole nitrogens is 1. The van der Waals surface area contributed by atoms with Crippen molar-refractivity contribution >= 4 is 5.91 Å². The summed E-state index contributed by atoms with van der Waals surface area (Å²) < 4.78 is 1.21. The van der Waals surface area contributed by atoms with Gasteiger partial charge in [-0.1, -0.05) is 6.42 Å². The molecule has 1 amide bonds. The molecule has 1 aromatic rings. The van der Waals surface area contributed by atoms with Gasteiger partial charge >= 0.3 is 5.69 Å². The Balaban J connectivity index is 1.67. The number of carbonyl (C=O) groups is 1. The molecule has 24 heavy (non-hydrogen) atoms. The molecule has 2 fully saturated rings. The molecule has 8 nitrogen and oxygen atoms in total. The maximum Gasteiger partial charge on any atom is 0.328 e. The molecule has 2 atom stereocenters. The highest BCUT2D eigenvalue weighted by molar-refractivity contribution is 5.76. The molecule has 8 heteroatoms. The zero-order valence-corrected chi connectivity index (χ0v) is 13.9. The van der Waals surface area contributed by atoms with E-state index in [0.29, 0.717) is 12.1 Å². The number of hydrogen-bond acceptors (Lipinski definition) is 5. The van der Waals surface area contributed by atoms with E-state index in [-0.39, 0.29) is 25.0 Å². The summed E-state index contributed by atoms with van der Waals surface area (Å²) in [6, 6.07) is -0.0247. The molecule has 0 saturated carbocycles. The normalized spacial score (nSPS) is 25.2. The van der Waals surface area contributed by atoms with Crippen LogP contribution in [0, 0.1) is 6.92 Å². The van der Waals surface area contributed by atoms with Crippen LogP contribution in [0.2, 0.25) is 0 Å². The Morgan fingerprint density at radius 1 is 1.25 bits per heavy atom. The maximum atomic E-state index is 12.5. The first-order valence-corrected chi connectivity index (χ1v) is 8.46. The fourth-order valence-corrected chi connectivity index (χ4v) is 3.56. The number of aromatic amines is 1. The second-order valence-electron chi connectivity index (χ2n) is 6.73. The predicted molar refractivity (Wildman–Crippen MR) is 87.9 cm³/mol. The third kappa shape index (κ3) is 3.44. The van der Waals surface area contributed by atoms with E-state index < -0.39 is 17.4 Å². The molecule has 0 spiro atoms. The van der Waals surface area contributed by atoms with E-state index in [1.807, 2.05) is 0 Å². The van der Waals surface area contributed by atoms with Crippen LogP contribution < -0.4 is 11.2 Å². The monoisotopic (exact) mass is 336 g/mol. The first-order valence-electron chi connectivity index (χ1n) is 8.46. The average molecular weight is 336 g/mol. The molecule has 2 unspecified atom stereocenters. The number of likely N-dealkylation sites (tertiary alicyclic amines) is 2. The number of rotatable bonds is 3. The lowest BCUT2D eigenvalue weighted by Crippen LogP contribution is -2.46. The molecule has 2 aliphatic heterocycles. The van der Waals surface area contributed by atoms with Crippen LogP contribution in [0.3, 0.4) is 0 Å². The lowest BCUT2D eigenvalue weighted by molar-refractivity contribution is -0.131. The Morgan fingerprint density at radius 2 is 1.96 bits per heavy atom. The van der Waals surface area contributed by atoms with Crippen molar-refractivity contribution in [2.24, 2.45) is 0 Å². The van der Waals surface area contributed by atoms with Gasteiger partial charge in [0.1, 0.15) is 6.54 Å². The Hall–Kier alpha value is -1.93. The third-order valence-corrected chi connectivity index (χ3v) is 4.97. The van der Waals surface area contributed by atoms with Crippen LogP contribution in [-0.2, 0) is 11.3 Å². The number of aryl methyl sites for hydroxylation is 1. The van der Waals surface area contributed by atoms with Crippen LogP contribution in [0.4, 0.5) is 0 Å². The third-order valence-electron chi connectivity index (χ3n) is 4.97. The molecule has 0 aliphatic carbocycles. The molecule has 0 bridgehead atoms. The minimum atomic E-state index is -0.591. The summed E-state index contributed by atoms with van der Waals surface area (Å²) in [5, 5.41) is 10.3. The Bertz CT molecular complexity index is 720. The quantitative estimate of drug-likeness (QED) is 0.730. The molecule has 2 N–H and O–H groups in total. The molecule has 0 aromatic carbocycles. The number of β-amino-alcohol motifs (C(OH)–C–C–N with tert-alkyl or cyclic N) is 1. The minimum absolute atomic E-state index is 0.0247. The van der Waals surface area contributed by atoms with Crippen molar-refractivity contribution in [1.82, 2.24) is 19.4 Å². The van der Waals surface area contributed by atoms with E-state index >= 15 is 0 Å². The number of aliphatic hydroxyl groups is 1. The molecule has 0 radical (unpaired) electrons. The van der Waals surface area contributed by atoms with Crippen molar-refractivity contribution in [3.05, 3.63) is 32.6 Å². The standard InChI is InChI=1S/C16H24N4O4/c1-11-7-20(16(24)17-15(11)23)10-14(22)19-8-12(13(21)9-19)18-5-3-2-4-6-18/h7,12-13,21H,2-6,8-10H2,1H3,(H,17,23,24). The number of aromatic nitrogens is 2. The van der Waals surface area contributed by atoms with Crippen molar-refractivity contribution < 1.29 is 9.90 Å². The van der Waals surface area contributed by atoms with Gasteiger partial charge in [-0.3, -0.25) is 24.0 Å². The van der Waals surface area contributed by atoms with Gasteiger partial charge in [-0.2, -0.15) is 0 Å². The molecule has 2 saturated heterocycles. The highest BCUT2D eigenvalue weighted by atomic mass is 16.3. The Kier molecular flexibility index (Phi) is 4.86. The number of nitrogens with zero attached hydrogens (tertiary/aromatic N) is 3. The van der Waals surface area contributed by atoms with Gasteiger partial charge in [0.15, 0.2) is 0 Å². The highest BCUT2D eigenvalue weighted by Crippen LogP contribution is 2.21. The van der Waals surface area contributed by atoms with E-state index in [9.17, 15) is 19.5 Å². The fourth-order valence-electron chi connectivity index (χ4n) is 3.56. The van der Waals surface area contributed by atoms with Crippen molar-refractivity contribution in [2.75, 3.05) is 26.2 Å². The van der Waals surface area contributed by atoms with Crippen LogP contribution in [0.1, 0.15) is 24.8 Å². The lowest BCUT2D eigenvalue weighted by Gasteiger charge is -2.33. The van der Waals surface area contributed by atoms with Gasteiger partial charge in [0.25, 0.3) is 5.56 Å². The van der Waals surface area contributed by atoms with Gasteiger partial charge in [-0.05, 0) is 32.9 Å². The van der Waals surface area contributed by atoms with E-state index in [0.717, 1.165) is 25.9 Å². The second-order valence-corrected chi connectivity index (χ2v) is 6.73. The first-order chi connectivity index (χ1) is 11.5. The lowest BCUT2D eigenvalue weighted by atomic mass is 10.1. The van der Waals surface area contributed by atoms with Gasteiger partial charge in [0.05, 0.1) is 12.1 Å². The maximum absolute atomic E-state index is 12.5. The number of aliphatic hydroxyl groups excluding tert-OH is 1.